The monoisotopic (exact) mass is 138 g/mol. The standard InChI is InChI=1S/C9H14O/c10-7-9(5-6-9)4-3-8-1-2-8/h7-8H,1-6H2. The van der Waals surface area contributed by atoms with Crippen molar-refractivity contribution in [1.82, 2.24) is 0 Å². The van der Waals surface area contributed by atoms with Crippen LogP contribution in [0.15, 0.2) is 0 Å². The molecular weight excluding hydrogens is 124 g/mol. The molecule has 0 aromatic rings. The van der Waals surface area contributed by atoms with Crippen LogP contribution in [0.5, 0.6) is 0 Å². The summed E-state index contributed by atoms with van der Waals surface area (Å²) in [5.41, 5.74) is 0.183. The molecule has 2 aliphatic carbocycles. The van der Waals surface area contributed by atoms with Crippen LogP contribution in [-0.4, -0.2) is 6.29 Å². The Balaban J connectivity index is 1.72. The Morgan fingerprint density at radius 2 is 2.10 bits per heavy atom. The largest absolute Gasteiger partial charge is 0.303 e. The first kappa shape index (κ1) is 6.38. The quantitative estimate of drug-likeness (QED) is 0.544. The van der Waals surface area contributed by atoms with E-state index in [4.69, 9.17) is 0 Å². The van der Waals surface area contributed by atoms with Crippen LogP contribution in [-0.2, 0) is 4.79 Å². The van der Waals surface area contributed by atoms with Gasteiger partial charge >= 0.3 is 0 Å². The Morgan fingerprint density at radius 1 is 1.40 bits per heavy atom. The predicted octanol–water partition coefficient (Wildman–Crippen LogP) is 2.16. The summed E-state index contributed by atoms with van der Waals surface area (Å²) in [6, 6.07) is 0. The van der Waals surface area contributed by atoms with Gasteiger partial charge in [0.2, 0.25) is 0 Å². The van der Waals surface area contributed by atoms with E-state index in [1.165, 1.54) is 44.8 Å². The second kappa shape index (κ2) is 2.08. The van der Waals surface area contributed by atoms with E-state index >= 15 is 0 Å². The fourth-order valence-electron chi connectivity index (χ4n) is 1.49. The summed E-state index contributed by atoms with van der Waals surface area (Å²) in [5.74, 6) is 0.998. The predicted molar refractivity (Wildman–Crippen MR) is 39.7 cm³/mol. The molecule has 2 saturated carbocycles. The zero-order valence-electron chi connectivity index (χ0n) is 6.31. The van der Waals surface area contributed by atoms with Gasteiger partial charge in [0, 0.05) is 5.41 Å². The zero-order chi connectivity index (χ0) is 7.03. The minimum Gasteiger partial charge on any atom is -0.303 e. The molecule has 0 heterocycles. The first-order valence-electron chi connectivity index (χ1n) is 4.31. The SMILES string of the molecule is O=CC1(CCC2CC2)CC1. The molecule has 0 aliphatic heterocycles. The van der Waals surface area contributed by atoms with Gasteiger partial charge in [-0.25, -0.2) is 0 Å². The van der Waals surface area contributed by atoms with Crippen LogP contribution in [0, 0.1) is 11.3 Å². The van der Waals surface area contributed by atoms with Gasteiger partial charge in [-0.2, -0.15) is 0 Å². The smallest absolute Gasteiger partial charge is 0.126 e. The van der Waals surface area contributed by atoms with Crippen LogP contribution < -0.4 is 0 Å². The molecule has 0 N–H and O–H groups in total. The molecular formula is C9H14O. The number of hydrogen-bond donors (Lipinski definition) is 0. The zero-order valence-corrected chi connectivity index (χ0v) is 6.31. The average Bonchev–Trinajstić information content (AvgIpc) is 2.83. The van der Waals surface area contributed by atoms with Gasteiger partial charge in [-0.1, -0.05) is 12.8 Å². The van der Waals surface area contributed by atoms with E-state index in [0.717, 1.165) is 5.92 Å². The van der Waals surface area contributed by atoms with Crippen LogP contribution in [0.25, 0.3) is 0 Å². The van der Waals surface area contributed by atoms with Crippen LogP contribution in [0.1, 0.15) is 38.5 Å². The van der Waals surface area contributed by atoms with E-state index in [0.29, 0.717) is 0 Å². The van der Waals surface area contributed by atoms with Crippen molar-refractivity contribution < 1.29 is 4.79 Å². The molecule has 0 atom stereocenters. The van der Waals surface area contributed by atoms with Gasteiger partial charge in [0.1, 0.15) is 6.29 Å². The Kier molecular flexibility index (Phi) is 1.33. The van der Waals surface area contributed by atoms with Gasteiger partial charge in [-0.05, 0) is 31.6 Å². The first-order valence-corrected chi connectivity index (χ1v) is 4.31. The van der Waals surface area contributed by atoms with Crippen molar-refractivity contribution in [2.75, 3.05) is 0 Å². The lowest BCUT2D eigenvalue weighted by atomic mass is 10.0. The molecule has 10 heavy (non-hydrogen) atoms. The Bertz CT molecular complexity index is 143. The van der Waals surface area contributed by atoms with Gasteiger partial charge in [-0.15, -0.1) is 0 Å². The van der Waals surface area contributed by atoms with Crippen molar-refractivity contribution in [3.05, 3.63) is 0 Å². The van der Waals surface area contributed by atoms with Gasteiger partial charge in [0.05, 0.1) is 0 Å². The average molecular weight is 138 g/mol. The fraction of sp³-hybridized carbons (Fsp3) is 0.889. The summed E-state index contributed by atoms with van der Waals surface area (Å²) < 4.78 is 0. The Morgan fingerprint density at radius 3 is 2.50 bits per heavy atom. The van der Waals surface area contributed by atoms with Crippen molar-refractivity contribution in [2.45, 2.75) is 38.5 Å². The third kappa shape index (κ3) is 1.23. The minimum atomic E-state index is 0.183. The van der Waals surface area contributed by atoms with E-state index in [-0.39, 0.29) is 5.41 Å². The lowest BCUT2D eigenvalue weighted by molar-refractivity contribution is -0.112. The lowest BCUT2D eigenvalue weighted by Crippen LogP contribution is -2.01. The lowest BCUT2D eigenvalue weighted by Gasteiger charge is -2.03. The maximum absolute atomic E-state index is 10.5. The highest BCUT2D eigenvalue weighted by atomic mass is 16.1. The molecule has 2 aliphatic rings. The van der Waals surface area contributed by atoms with Crippen LogP contribution in [0.2, 0.25) is 0 Å². The second-order valence-electron chi connectivity index (χ2n) is 3.96. The maximum Gasteiger partial charge on any atom is 0.126 e. The Labute approximate surface area is 61.8 Å². The summed E-state index contributed by atoms with van der Waals surface area (Å²) in [5, 5.41) is 0. The highest BCUT2D eigenvalue weighted by molar-refractivity contribution is 5.63. The number of carbonyl (C=O) groups is 1. The molecule has 0 bridgehead atoms. The number of rotatable bonds is 4. The number of aldehydes is 1. The van der Waals surface area contributed by atoms with Crippen molar-refractivity contribution in [1.29, 1.82) is 0 Å². The van der Waals surface area contributed by atoms with Crippen LogP contribution in [0.3, 0.4) is 0 Å². The summed E-state index contributed by atoms with van der Waals surface area (Å²) in [6.07, 6.45) is 8.88. The normalized spacial score (nSPS) is 28.0. The third-order valence-electron chi connectivity index (χ3n) is 2.89. The van der Waals surface area contributed by atoms with Crippen molar-refractivity contribution >= 4 is 6.29 Å². The highest BCUT2D eigenvalue weighted by Crippen LogP contribution is 2.50. The molecule has 0 amide bonds. The van der Waals surface area contributed by atoms with Gasteiger partial charge in [0.25, 0.3) is 0 Å². The molecule has 0 aromatic carbocycles. The molecule has 0 aromatic heterocycles. The van der Waals surface area contributed by atoms with E-state index in [1.807, 2.05) is 0 Å². The van der Waals surface area contributed by atoms with Crippen molar-refractivity contribution in [3.8, 4) is 0 Å². The molecule has 0 saturated heterocycles. The van der Waals surface area contributed by atoms with E-state index in [9.17, 15) is 4.79 Å². The number of carbonyl (C=O) groups excluding carboxylic acids is 1. The second-order valence-corrected chi connectivity index (χ2v) is 3.96. The molecule has 2 fully saturated rings. The molecule has 0 radical (unpaired) electrons. The molecule has 2 rings (SSSR count). The van der Waals surface area contributed by atoms with Crippen molar-refractivity contribution in [3.63, 3.8) is 0 Å². The summed E-state index contributed by atoms with van der Waals surface area (Å²) in [6.45, 7) is 0. The van der Waals surface area contributed by atoms with Crippen LogP contribution in [0.4, 0.5) is 0 Å². The summed E-state index contributed by atoms with van der Waals surface area (Å²) >= 11 is 0. The van der Waals surface area contributed by atoms with Gasteiger partial charge in [-0.3, -0.25) is 0 Å². The Hall–Kier alpha value is -0.330. The summed E-state index contributed by atoms with van der Waals surface area (Å²) in [7, 11) is 0. The van der Waals surface area contributed by atoms with Gasteiger partial charge < -0.3 is 4.79 Å². The maximum atomic E-state index is 10.5. The fourth-order valence-corrected chi connectivity index (χ4v) is 1.49. The van der Waals surface area contributed by atoms with E-state index in [1.54, 1.807) is 0 Å². The first-order chi connectivity index (χ1) is 4.85. The van der Waals surface area contributed by atoms with E-state index in [2.05, 4.69) is 0 Å². The minimum absolute atomic E-state index is 0.183. The topological polar surface area (TPSA) is 17.1 Å². The molecule has 1 heteroatoms. The summed E-state index contributed by atoms with van der Waals surface area (Å²) in [4.78, 5) is 10.5. The molecule has 56 valence electrons. The highest BCUT2D eigenvalue weighted by Gasteiger charge is 2.42. The van der Waals surface area contributed by atoms with Crippen molar-refractivity contribution in [2.24, 2.45) is 11.3 Å². The molecule has 1 nitrogen and oxygen atoms in total. The third-order valence-corrected chi connectivity index (χ3v) is 2.89. The molecule has 0 unspecified atom stereocenters. The van der Waals surface area contributed by atoms with Crippen LogP contribution >= 0.6 is 0 Å². The van der Waals surface area contributed by atoms with Gasteiger partial charge in [0.15, 0.2) is 0 Å². The number of hydrogen-bond acceptors (Lipinski definition) is 1. The molecule has 0 spiro atoms. The van der Waals surface area contributed by atoms with E-state index < -0.39 is 0 Å².